The summed E-state index contributed by atoms with van der Waals surface area (Å²) in [7, 11) is 0. The second-order valence-electron chi connectivity index (χ2n) is 8.15. The highest BCUT2D eigenvalue weighted by atomic mass is 16.5. The van der Waals surface area contributed by atoms with Crippen molar-refractivity contribution in [2.75, 3.05) is 19.7 Å². The summed E-state index contributed by atoms with van der Waals surface area (Å²) in [6, 6.07) is 15.5. The zero-order valence-electron chi connectivity index (χ0n) is 17.9. The average Bonchev–Trinajstić information content (AvgIpc) is 2.69. The number of carbonyl (C=O) groups is 2. The summed E-state index contributed by atoms with van der Waals surface area (Å²) < 4.78 is 5.69. The third-order valence-corrected chi connectivity index (χ3v) is 4.65. The molecule has 0 aliphatic heterocycles. The molecule has 0 heterocycles. The van der Waals surface area contributed by atoms with Crippen molar-refractivity contribution in [3.63, 3.8) is 0 Å². The predicted octanol–water partition coefficient (Wildman–Crippen LogP) is 4.00. The van der Waals surface area contributed by atoms with Crippen LogP contribution in [0, 0.1) is 6.92 Å². The molecule has 29 heavy (non-hydrogen) atoms. The number of hydrogen-bond acceptors (Lipinski definition) is 3. The molecule has 0 fully saturated rings. The molecule has 2 N–H and O–H groups in total. The fourth-order valence-electron chi connectivity index (χ4n) is 2.82. The number of aryl methyl sites for hydroxylation is 1. The van der Waals surface area contributed by atoms with E-state index in [0.717, 1.165) is 11.3 Å². The lowest BCUT2D eigenvalue weighted by Crippen LogP contribution is -2.34. The first-order chi connectivity index (χ1) is 13.8. The van der Waals surface area contributed by atoms with Gasteiger partial charge < -0.3 is 15.4 Å². The molecule has 0 saturated heterocycles. The molecule has 0 atom stereocenters. The van der Waals surface area contributed by atoms with E-state index in [1.54, 1.807) is 0 Å². The molecule has 0 aliphatic carbocycles. The monoisotopic (exact) mass is 396 g/mol. The van der Waals surface area contributed by atoms with E-state index in [1.165, 1.54) is 5.56 Å². The molecule has 0 saturated carbocycles. The minimum atomic E-state index is -0.133. The Morgan fingerprint density at radius 3 is 2.24 bits per heavy atom. The largest absolute Gasteiger partial charge is 0.493 e. The second kappa shape index (κ2) is 10.6. The molecule has 5 nitrogen and oxygen atoms in total. The summed E-state index contributed by atoms with van der Waals surface area (Å²) in [6.45, 7) is 9.71. The minimum absolute atomic E-state index is 0.0397. The standard InChI is InChI=1S/C24H32N2O3/c1-18-8-5-6-9-21(18)29-17-7-10-22(27)25-15-16-26-23(28)19-11-13-20(14-12-19)24(2,3)4/h5-6,8-9,11-14H,7,10,15-17H2,1-4H3,(H,25,27)(H,26,28). The summed E-state index contributed by atoms with van der Waals surface area (Å²) >= 11 is 0. The van der Waals surface area contributed by atoms with Gasteiger partial charge >= 0.3 is 0 Å². The highest BCUT2D eigenvalue weighted by Crippen LogP contribution is 2.22. The Morgan fingerprint density at radius 2 is 1.59 bits per heavy atom. The number of hydrogen-bond donors (Lipinski definition) is 2. The van der Waals surface area contributed by atoms with Crippen LogP contribution < -0.4 is 15.4 Å². The van der Waals surface area contributed by atoms with E-state index in [4.69, 9.17) is 4.74 Å². The van der Waals surface area contributed by atoms with Crippen LogP contribution in [0.25, 0.3) is 0 Å². The van der Waals surface area contributed by atoms with Crippen LogP contribution in [-0.4, -0.2) is 31.5 Å². The molecule has 0 unspecified atom stereocenters. The van der Waals surface area contributed by atoms with Crippen molar-refractivity contribution in [2.45, 2.75) is 46.0 Å². The normalized spacial score (nSPS) is 11.0. The Hall–Kier alpha value is -2.82. The number of ether oxygens (including phenoxy) is 1. The molecule has 0 aliphatic rings. The quantitative estimate of drug-likeness (QED) is 0.630. The van der Waals surface area contributed by atoms with E-state index in [-0.39, 0.29) is 17.2 Å². The van der Waals surface area contributed by atoms with Gasteiger partial charge in [-0.3, -0.25) is 9.59 Å². The van der Waals surface area contributed by atoms with Crippen molar-refractivity contribution >= 4 is 11.8 Å². The summed E-state index contributed by atoms with van der Waals surface area (Å²) in [5, 5.41) is 5.65. The zero-order valence-corrected chi connectivity index (χ0v) is 17.9. The van der Waals surface area contributed by atoms with Crippen LogP contribution in [0.2, 0.25) is 0 Å². The van der Waals surface area contributed by atoms with E-state index in [2.05, 4.69) is 31.4 Å². The van der Waals surface area contributed by atoms with Crippen LogP contribution in [0.3, 0.4) is 0 Å². The van der Waals surface area contributed by atoms with Gasteiger partial charge in [0, 0.05) is 25.1 Å². The maximum atomic E-state index is 12.2. The number of carbonyl (C=O) groups excluding carboxylic acids is 2. The highest BCUT2D eigenvalue weighted by molar-refractivity contribution is 5.94. The van der Waals surface area contributed by atoms with Gasteiger partial charge in [0.1, 0.15) is 5.75 Å². The van der Waals surface area contributed by atoms with Crippen LogP contribution in [-0.2, 0) is 10.2 Å². The van der Waals surface area contributed by atoms with Crippen molar-refractivity contribution in [1.29, 1.82) is 0 Å². The maximum Gasteiger partial charge on any atom is 0.251 e. The van der Waals surface area contributed by atoms with Gasteiger partial charge in [-0.15, -0.1) is 0 Å². The third kappa shape index (κ3) is 7.60. The van der Waals surface area contributed by atoms with E-state index >= 15 is 0 Å². The van der Waals surface area contributed by atoms with Gasteiger partial charge in [0.2, 0.25) is 5.91 Å². The minimum Gasteiger partial charge on any atom is -0.493 e. The van der Waals surface area contributed by atoms with Gasteiger partial charge in [0.05, 0.1) is 6.61 Å². The summed E-state index contributed by atoms with van der Waals surface area (Å²) in [5.41, 5.74) is 2.95. The summed E-state index contributed by atoms with van der Waals surface area (Å²) in [6.07, 6.45) is 1.04. The van der Waals surface area contributed by atoms with Crippen molar-refractivity contribution in [1.82, 2.24) is 10.6 Å². The fraction of sp³-hybridized carbons (Fsp3) is 0.417. The third-order valence-electron chi connectivity index (χ3n) is 4.65. The van der Waals surface area contributed by atoms with Gasteiger partial charge in [-0.1, -0.05) is 51.1 Å². The van der Waals surface area contributed by atoms with Gasteiger partial charge in [-0.25, -0.2) is 0 Å². The molecule has 0 radical (unpaired) electrons. The number of benzene rings is 2. The van der Waals surface area contributed by atoms with Crippen molar-refractivity contribution in [2.24, 2.45) is 0 Å². The lowest BCUT2D eigenvalue weighted by molar-refractivity contribution is -0.121. The fourth-order valence-corrected chi connectivity index (χ4v) is 2.82. The first kappa shape index (κ1) is 22.5. The van der Waals surface area contributed by atoms with Gasteiger partial charge in [0.15, 0.2) is 0 Å². The highest BCUT2D eigenvalue weighted by Gasteiger charge is 2.14. The molecular formula is C24H32N2O3. The SMILES string of the molecule is Cc1ccccc1OCCCC(=O)NCCNC(=O)c1ccc(C(C)(C)C)cc1. The molecule has 2 aromatic carbocycles. The van der Waals surface area contributed by atoms with Crippen molar-refractivity contribution in [3.05, 3.63) is 65.2 Å². The maximum absolute atomic E-state index is 12.2. The number of rotatable bonds is 9. The van der Waals surface area contributed by atoms with Gasteiger partial charge in [0.25, 0.3) is 5.91 Å². The first-order valence-electron chi connectivity index (χ1n) is 10.1. The predicted molar refractivity (Wildman–Crippen MR) is 116 cm³/mol. The second-order valence-corrected chi connectivity index (χ2v) is 8.15. The zero-order chi connectivity index (χ0) is 21.3. The van der Waals surface area contributed by atoms with Gasteiger partial charge in [-0.2, -0.15) is 0 Å². The van der Waals surface area contributed by atoms with E-state index < -0.39 is 0 Å². The molecule has 5 heteroatoms. The Bertz CT molecular complexity index is 808. The smallest absolute Gasteiger partial charge is 0.251 e. The van der Waals surface area contributed by atoms with Crippen LogP contribution >= 0.6 is 0 Å². The summed E-state index contributed by atoms with van der Waals surface area (Å²) in [4.78, 5) is 24.1. The lowest BCUT2D eigenvalue weighted by atomic mass is 9.87. The number of nitrogens with one attached hydrogen (secondary N) is 2. The van der Waals surface area contributed by atoms with E-state index in [9.17, 15) is 9.59 Å². The molecular weight excluding hydrogens is 364 g/mol. The first-order valence-corrected chi connectivity index (χ1v) is 10.1. The number of para-hydroxylation sites is 1. The van der Waals surface area contributed by atoms with Crippen LogP contribution in [0.15, 0.2) is 48.5 Å². The molecule has 2 aromatic rings. The van der Waals surface area contributed by atoms with Crippen LogP contribution in [0.1, 0.15) is 55.1 Å². The van der Waals surface area contributed by atoms with Crippen LogP contribution in [0.5, 0.6) is 5.75 Å². The molecule has 0 spiro atoms. The molecule has 0 bridgehead atoms. The van der Waals surface area contributed by atoms with E-state index in [1.807, 2.05) is 55.5 Å². The Morgan fingerprint density at radius 1 is 0.931 bits per heavy atom. The van der Waals surface area contributed by atoms with Crippen LogP contribution in [0.4, 0.5) is 0 Å². The Balaban J connectivity index is 1.60. The molecule has 0 aromatic heterocycles. The van der Waals surface area contributed by atoms with E-state index in [0.29, 0.717) is 38.1 Å². The lowest BCUT2D eigenvalue weighted by Gasteiger charge is -2.19. The van der Waals surface area contributed by atoms with Crippen molar-refractivity contribution in [3.8, 4) is 5.75 Å². The Kier molecular flexibility index (Phi) is 8.25. The molecule has 2 amide bonds. The molecule has 156 valence electrons. The topological polar surface area (TPSA) is 67.4 Å². The average molecular weight is 397 g/mol. The Labute approximate surface area is 173 Å². The molecule has 2 rings (SSSR count). The summed E-state index contributed by atoms with van der Waals surface area (Å²) in [5.74, 6) is 0.680. The number of amides is 2. The van der Waals surface area contributed by atoms with Gasteiger partial charge in [-0.05, 0) is 48.1 Å². The van der Waals surface area contributed by atoms with Crippen molar-refractivity contribution < 1.29 is 14.3 Å².